The van der Waals surface area contributed by atoms with Crippen molar-refractivity contribution >= 4 is 68.6 Å². The van der Waals surface area contributed by atoms with Crippen molar-refractivity contribution < 1.29 is 48.0 Å². The minimum atomic E-state index is -0.993. The van der Waals surface area contributed by atoms with Crippen molar-refractivity contribution in [3.63, 3.8) is 0 Å². The predicted octanol–water partition coefficient (Wildman–Crippen LogP) is 5.34. The van der Waals surface area contributed by atoms with Crippen molar-refractivity contribution in [3.05, 3.63) is 83.0 Å². The van der Waals surface area contributed by atoms with Gasteiger partial charge in [-0.3, -0.25) is 38.7 Å². The van der Waals surface area contributed by atoms with E-state index >= 15 is 0 Å². The van der Waals surface area contributed by atoms with Gasteiger partial charge in [0, 0.05) is 93.7 Å². The van der Waals surface area contributed by atoms with Crippen LogP contribution in [0.5, 0.6) is 11.5 Å². The van der Waals surface area contributed by atoms with Crippen molar-refractivity contribution in [1.29, 1.82) is 0 Å². The number of nitrogens with one attached hydrogen (secondary N) is 1. The highest BCUT2D eigenvalue weighted by atomic mass is 16.5. The van der Waals surface area contributed by atoms with Gasteiger partial charge in [-0.25, -0.2) is 15.0 Å². The van der Waals surface area contributed by atoms with E-state index in [-0.39, 0.29) is 75.7 Å². The molecule has 7 aromatic rings. The lowest BCUT2D eigenvalue weighted by atomic mass is 10.1. The Morgan fingerprint density at radius 2 is 1.37 bits per heavy atom. The number of aromatic nitrogens is 9. The molecule has 6 N–H and O–H groups in total. The molecule has 70 heavy (non-hydrogen) atoms. The maximum absolute atomic E-state index is 13.9. The van der Waals surface area contributed by atoms with Crippen LogP contribution >= 0.6 is 0 Å². The van der Waals surface area contributed by atoms with Gasteiger partial charge in [0.15, 0.2) is 5.82 Å². The molecular formula is C48H56N12O10. The van der Waals surface area contributed by atoms with E-state index in [0.717, 1.165) is 5.69 Å². The number of carboxylic acids is 1. The number of nitrogens with zero attached hydrogens (tertiary/aromatic N) is 9. The number of amides is 3. The van der Waals surface area contributed by atoms with Crippen LogP contribution in [0.4, 0.5) is 5.95 Å². The molecule has 5 aromatic heterocycles. The van der Waals surface area contributed by atoms with Gasteiger partial charge in [0.25, 0.3) is 5.91 Å². The molecular weight excluding hydrogens is 905 g/mol. The molecule has 0 radical (unpaired) electrons. The number of fused-ring (bicyclic) bond motifs is 4. The summed E-state index contributed by atoms with van der Waals surface area (Å²) in [6.45, 7) is 9.72. The molecule has 0 fully saturated rings. The molecule has 0 saturated carbocycles. The Hall–Kier alpha value is -8.14. The molecule has 5 heterocycles. The zero-order valence-corrected chi connectivity index (χ0v) is 39.7. The molecule has 3 amide bonds. The largest absolute Gasteiger partial charge is 0.491 e. The van der Waals surface area contributed by atoms with Gasteiger partial charge < -0.3 is 44.7 Å². The molecule has 0 aliphatic rings. The number of methoxy groups -OCH3 is 1. The fourth-order valence-corrected chi connectivity index (χ4v) is 8.00. The molecule has 2 aromatic carbocycles. The van der Waals surface area contributed by atoms with Crippen LogP contribution in [0, 0.1) is 13.8 Å². The topological polar surface area (TPSA) is 291 Å². The number of hydrogen-bond acceptors (Lipinski definition) is 14. The molecule has 22 nitrogen and oxygen atoms in total. The average Bonchev–Trinajstić information content (AvgIpc) is 4.09. The number of nitrogens with two attached hydrogens (primary N) is 2. The smallest absolute Gasteiger partial charge is 0.305 e. The Morgan fingerprint density at radius 1 is 0.729 bits per heavy atom. The summed E-state index contributed by atoms with van der Waals surface area (Å²) in [6, 6.07) is 9.91. The minimum absolute atomic E-state index is 0.0205. The Kier molecular flexibility index (Phi) is 15.9. The van der Waals surface area contributed by atoms with Gasteiger partial charge >= 0.3 is 11.9 Å². The summed E-state index contributed by atoms with van der Waals surface area (Å²) in [6.07, 6.45) is 6.31. The number of aryl methyl sites for hydroxylation is 4. The van der Waals surface area contributed by atoms with Crippen molar-refractivity contribution in [1.82, 2.24) is 43.6 Å². The molecule has 0 spiro atoms. The van der Waals surface area contributed by atoms with E-state index in [1.807, 2.05) is 48.2 Å². The zero-order chi connectivity index (χ0) is 50.1. The number of esters is 1. The number of ether oxygens (including phenoxy) is 4. The number of primary amides is 2. The highest BCUT2D eigenvalue weighted by Crippen LogP contribution is 2.37. The second-order valence-corrected chi connectivity index (χ2v) is 16.3. The summed E-state index contributed by atoms with van der Waals surface area (Å²) < 4.78 is 30.2. The Morgan fingerprint density at radius 3 is 2.04 bits per heavy atom. The van der Waals surface area contributed by atoms with Gasteiger partial charge in [-0.05, 0) is 70.5 Å². The van der Waals surface area contributed by atoms with E-state index in [1.54, 1.807) is 59.8 Å². The number of anilines is 1. The Bertz CT molecular complexity index is 3130. The van der Waals surface area contributed by atoms with E-state index in [4.69, 9.17) is 50.5 Å². The molecule has 0 saturated heterocycles. The van der Waals surface area contributed by atoms with Crippen LogP contribution < -0.4 is 26.3 Å². The summed E-state index contributed by atoms with van der Waals surface area (Å²) >= 11 is 0. The van der Waals surface area contributed by atoms with E-state index in [2.05, 4.69) is 15.5 Å². The quantitative estimate of drug-likeness (QED) is 0.0319. The summed E-state index contributed by atoms with van der Waals surface area (Å²) in [4.78, 5) is 76.8. The number of aliphatic carboxylic acids is 1. The van der Waals surface area contributed by atoms with E-state index < -0.39 is 29.7 Å². The van der Waals surface area contributed by atoms with E-state index in [1.165, 1.54) is 0 Å². The molecule has 368 valence electrons. The van der Waals surface area contributed by atoms with Crippen LogP contribution in [0.3, 0.4) is 0 Å². The lowest BCUT2D eigenvalue weighted by Gasteiger charge is -2.13. The number of allylic oxidation sites excluding steroid dienone is 2. The number of carbonyl (C=O) groups is 5. The third-order valence-corrected chi connectivity index (χ3v) is 11.2. The highest BCUT2D eigenvalue weighted by molar-refractivity contribution is 6.12. The second-order valence-electron chi connectivity index (χ2n) is 16.3. The van der Waals surface area contributed by atoms with Crippen LogP contribution in [0.2, 0.25) is 0 Å². The third-order valence-electron chi connectivity index (χ3n) is 11.2. The predicted molar refractivity (Wildman–Crippen MR) is 258 cm³/mol. The van der Waals surface area contributed by atoms with E-state index in [0.29, 0.717) is 93.5 Å². The maximum Gasteiger partial charge on any atom is 0.305 e. The van der Waals surface area contributed by atoms with Crippen LogP contribution in [0.15, 0.2) is 54.7 Å². The summed E-state index contributed by atoms with van der Waals surface area (Å²) in [5.74, 6) is -2.09. The van der Waals surface area contributed by atoms with Crippen LogP contribution in [0.1, 0.15) is 88.5 Å². The van der Waals surface area contributed by atoms with Crippen LogP contribution in [-0.4, -0.2) is 112 Å². The van der Waals surface area contributed by atoms with Gasteiger partial charge in [0.1, 0.15) is 34.1 Å². The number of rotatable bonds is 25. The number of carbonyl (C=O) groups excluding carboxylic acids is 4. The first kappa shape index (κ1) is 49.8. The monoisotopic (exact) mass is 960 g/mol. The standard InChI is InChI=1S/C48H56N12O10/c1-6-59-35(21-28(3)55-59)45-51-27-33-32-23-30(43(49)64)25-37(68-19-12-20-70-40(63)14-10-13-39(61)62)41(32)57(46(33)53-45)15-8-9-16-58-42-34(24-31(44(50)65)26-38(42)69-18-11-17-67-5)52-48(58)54-47(66)36-22-29(4)56-60(36)7-2/h8-9,21-27H,6-7,10-20H2,1-5H3,(H2,49,64)(H2,50,65)(H,61,62)(H,52,54,66)/b9-8+. The number of imidazole rings is 1. The highest BCUT2D eigenvalue weighted by Gasteiger charge is 2.24. The van der Waals surface area contributed by atoms with Gasteiger partial charge in [-0.1, -0.05) is 12.2 Å². The Balaban J connectivity index is 1.29. The molecule has 0 atom stereocenters. The normalized spacial score (nSPS) is 11.6. The first-order valence-corrected chi connectivity index (χ1v) is 22.9. The molecule has 0 aliphatic heterocycles. The SMILES string of the molecule is CCn1nc(C)cc1C(=O)Nc1nc2cc(C(N)=O)cc(OCCCOC)c2n1C/C=C/Cn1c2nc(-c3cc(C)nn3CC)ncc2c2cc(C(N)=O)cc(OCCCOC(=O)CCCC(=O)O)c21. The molecule has 0 unspecified atom stereocenters. The fourth-order valence-electron chi connectivity index (χ4n) is 8.00. The molecule has 0 bridgehead atoms. The first-order valence-electron chi connectivity index (χ1n) is 22.9. The van der Waals surface area contributed by atoms with Gasteiger partial charge in [-0.2, -0.15) is 10.2 Å². The average molecular weight is 961 g/mol. The van der Waals surface area contributed by atoms with E-state index in [9.17, 15) is 24.0 Å². The van der Waals surface area contributed by atoms with Crippen LogP contribution in [0.25, 0.3) is 44.5 Å². The minimum Gasteiger partial charge on any atom is -0.491 e. The van der Waals surface area contributed by atoms with Gasteiger partial charge in [0.2, 0.25) is 17.8 Å². The summed E-state index contributed by atoms with van der Waals surface area (Å²) in [5, 5.41) is 22.1. The molecule has 0 aliphatic carbocycles. The summed E-state index contributed by atoms with van der Waals surface area (Å²) in [7, 11) is 1.59. The van der Waals surface area contributed by atoms with Gasteiger partial charge in [0.05, 0.1) is 42.2 Å². The van der Waals surface area contributed by atoms with Crippen molar-refractivity contribution in [3.8, 4) is 23.0 Å². The maximum atomic E-state index is 13.9. The third kappa shape index (κ3) is 11.2. The number of benzene rings is 2. The van der Waals surface area contributed by atoms with Crippen molar-refractivity contribution in [2.24, 2.45) is 11.5 Å². The lowest BCUT2D eigenvalue weighted by Crippen LogP contribution is -2.20. The zero-order valence-electron chi connectivity index (χ0n) is 39.7. The van der Waals surface area contributed by atoms with Crippen LogP contribution in [-0.2, 0) is 45.2 Å². The molecule has 7 rings (SSSR count). The van der Waals surface area contributed by atoms with Crippen molar-refractivity contribution in [2.45, 2.75) is 86.0 Å². The number of hydrogen-bond donors (Lipinski definition) is 4. The lowest BCUT2D eigenvalue weighted by molar-refractivity contribution is -0.144. The van der Waals surface area contributed by atoms with Gasteiger partial charge in [-0.15, -0.1) is 0 Å². The second kappa shape index (κ2) is 22.3. The first-order chi connectivity index (χ1) is 33.7. The van der Waals surface area contributed by atoms with Crippen molar-refractivity contribution in [2.75, 3.05) is 38.9 Å². The number of carboxylic acid groups (broad SMARTS) is 1. The fraction of sp³-hybridized carbons (Fsp3) is 0.375. The Labute approximate surface area is 401 Å². The summed E-state index contributed by atoms with van der Waals surface area (Å²) in [5.41, 5.74) is 16.4. The molecule has 22 heteroatoms.